The first-order valence-corrected chi connectivity index (χ1v) is 11.4. The maximum Gasteiger partial charge on any atom is 0.241 e. The third-order valence-corrected chi connectivity index (χ3v) is 6.35. The summed E-state index contributed by atoms with van der Waals surface area (Å²) >= 11 is 0. The number of methoxy groups -OCH3 is 1. The highest BCUT2D eigenvalue weighted by Crippen LogP contribution is 2.21. The zero-order valence-electron chi connectivity index (χ0n) is 17.5. The SMILES string of the molecule is COc1ccc(S(=O)(=O)N[C@H](Cc2ccccc2)C(=O)NCc2ccccc2)cc1C. The molecule has 0 saturated carbocycles. The average Bonchev–Trinajstić information content (AvgIpc) is 2.78. The Morgan fingerprint density at radius 2 is 1.55 bits per heavy atom. The number of hydrogen-bond acceptors (Lipinski definition) is 4. The lowest BCUT2D eigenvalue weighted by Crippen LogP contribution is -2.47. The second-order valence-electron chi connectivity index (χ2n) is 7.20. The van der Waals surface area contributed by atoms with Gasteiger partial charge < -0.3 is 10.1 Å². The van der Waals surface area contributed by atoms with Gasteiger partial charge in [-0.3, -0.25) is 4.79 Å². The highest BCUT2D eigenvalue weighted by atomic mass is 32.2. The second-order valence-corrected chi connectivity index (χ2v) is 8.91. The lowest BCUT2D eigenvalue weighted by atomic mass is 10.1. The average molecular weight is 439 g/mol. The summed E-state index contributed by atoms with van der Waals surface area (Å²) in [6.07, 6.45) is 0.232. The monoisotopic (exact) mass is 438 g/mol. The topological polar surface area (TPSA) is 84.5 Å². The number of aryl methyl sites for hydroxylation is 1. The van der Waals surface area contributed by atoms with E-state index >= 15 is 0 Å². The number of rotatable bonds is 9. The highest BCUT2D eigenvalue weighted by molar-refractivity contribution is 7.89. The number of ether oxygens (including phenoxy) is 1. The van der Waals surface area contributed by atoms with Gasteiger partial charge in [0.2, 0.25) is 15.9 Å². The van der Waals surface area contributed by atoms with Crippen molar-refractivity contribution in [2.75, 3.05) is 7.11 Å². The molecule has 0 aromatic heterocycles. The van der Waals surface area contributed by atoms with E-state index in [0.717, 1.165) is 11.1 Å². The molecule has 31 heavy (non-hydrogen) atoms. The van der Waals surface area contributed by atoms with Crippen LogP contribution in [0, 0.1) is 6.92 Å². The first-order valence-electron chi connectivity index (χ1n) is 9.91. The van der Waals surface area contributed by atoms with Crippen molar-refractivity contribution in [2.24, 2.45) is 0 Å². The molecule has 0 aliphatic heterocycles. The summed E-state index contributed by atoms with van der Waals surface area (Å²) in [6.45, 7) is 2.08. The van der Waals surface area contributed by atoms with E-state index in [-0.39, 0.29) is 17.2 Å². The molecule has 1 atom stereocenters. The Morgan fingerprint density at radius 1 is 0.935 bits per heavy atom. The summed E-state index contributed by atoms with van der Waals surface area (Å²) in [5.41, 5.74) is 2.48. The van der Waals surface area contributed by atoms with Crippen LogP contribution in [-0.4, -0.2) is 27.5 Å². The zero-order chi connectivity index (χ0) is 22.3. The van der Waals surface area contributed by atoms with Gasteiger partial charge in [-0.2, -0.15) is 4.72 Å². The van der Waals surface area contributed by atoms with Crippen LogP contribution in [0.1, 0.15) is 16.7 Å². The van der Waals surface area contributed by atoms with Crippen LogP contribution in [0.4, 0.5) is 0 Å². The normalized spacial score (nSPS) is 12.2. The van der Waals surface area contributed by atoms with Crippen molar-refractivity contribution >= 4 is 15.9 Å². The van der Waals surface area contributed by atoms with E-state index in [9.17, 15) is 13.2 Å². The largest absolute Gasteiger partial charge is 0.496 e. The van der Waals surface area contributed by atoms with Crippen molar-refractivity contribution < 1.29 is 17.9 Å². The summed E-state index contributed by atoms with van der Waals surface area (Å²) < 4.78 is 33.8. The molecule has 0 fully saturated rings. The van der Waals surface area contributed by atoms with Crippen molar-refractivity contribution in [3.05, 3.63) is 95.6 Å². The molecule has 1 amide bonds. The fourth-order valence-corrected chi connectivity index (χ4v) is 4.50. The quantitative estimate of drug-likeness (QED) is 0.537. The zero-order valence-corrected chi connectivity index (χ0v) is 18.4. The van der Waals surface area contributed by atoms with E-state index in [1.54, 1.807) is 13.0 Å². The Bertz CT molecular complexity index is 1120. The van der Waals surface area contributed by atoms with E-state index in [1.165, 1.54) is 19.2 Å². The minimum absolute atomic E-state index is 0.0831. The van der Waals surface area contributed by atoms with Crippen LogP contribution in [-0.2, 0) is 27.8 Å². The molecule has 162 valence electrons. The third kappa shape index (κ3) is 6.16. The molecule has 0 unspecified atom stereocenters. The van der Waals surface area contributed by atoms with Crippen LogP contribution in [0.5, 0.6) is 5.75 Å². The summed E-state index contributed by atoms with van der Waals surface area (Å²) in [7, 11) is -2.39. The molecule has 3 aromatic carbocycles. The predicted molar refractivity (Wildman–Crippen MR) is 120 cm³/mol. The van der Waals surface area contributed by atoms with E-state index in [4.69, 9.17) is 4.74 Å². The lowest BCUT2D eigenvalue weighted by molar-refractivity contribution is -0.122. The molecule has 0 spiro atoms. The second kappa shape index (κ2) is 10.2. The molecular weight excluding hydrogens is 412 g/mol. The third-order valence-electron chi connectivity index (χ3n) is 4.88. The number of hydrogen-bond donors (Lipinski definition) is 2. The smallest absolute Gasteiger partial charge is 0.241 e. The molecule has 7 heteroatoms. The molecule has 0 aliphatic carbocycles. The Morgan fingerprint density at radius 3 is 2.13 bits per heavy atom. The molecule has 3 aromatic rings. The Kier molecular flexibility index (Phi) is 7.44. The van der Waals surface area contributed by atoms with Gasteiger partial charge in [0.15, 0.2) is 0 Å². The van der Waals surface area contributed by atoms with Crippen molar-refractivity contribution in [1.29, 1.82) is 0 Å². The molecule has 0 saturated heterocycles. The van der Waals surface area contributed by atoms with Crippen molar-refractivity contribution in [3.8, 4) is 5.75 Å². The van der Waals surface area contributed by atoms with Crippen LogP contribution in [0.3, 0.4) is 0 Å². The van der Waals surface area contributed by atoms with Gasteiger partial charge in [-0.25, -0.2) is 8.42 Å². The number of nitrogens with one attached hydrogen (secondary N) is 2. The molecule has 0 aliphatic rings. The van der Waals surface area contributed by atoms with Crippen molar-refractivity contribution in [1.82, 2.24) is 10.0 Å². The number of sulfonamides is 1. The first kappa shape index (κ1) is 22.5. The van der Waals surface area contributed by atoms with Gasteiger partial charge in [-0.05, 0) is 48.2 Å². The summed E-state index contributed by atoms with van der Waals surface area (Å²) in [4.78, 5) is 13.0. The lowest BCUT2D eigenvalue weighted by Gasteiger charge is -2.19. The van der Waals surface area contributed by atoms with Gasteiger partial charge in [0.1, 0.15) is 11.8 Å². The maximum atomic E-state index is 13.0. The summed E-state index contributed by atoms with van der Waals surface area (Å²) in [5, 5.41) is 2.84. The highest BCUT2D eigenvalue weighted by Gasteiger charge is 2.26. The van der Waals surface area contributed by atoms with Crippen molar-refractivity contribution in [3.63, 3.8) is 0 Å². The minimum Gasteiger partial charge on any atom is -0.496 e. The summed E-state index contributed by atoms with van der Waals surface area (Å²) in [5.74, 6) is 0.210. The van der Waals surface area contributed by atoms with E-state index in [2.05, 4.69) is 10.0 Å². The van der Waals surface area contributed by atoms with Crippen molar-refractivity contribution in [2.45, 2.75) is 30.8 Å². The van der Waals surface area contributed by atoms with Crippen LogP contribution in [0.25, 0.3) is 0 Å². The molecule has 2 N–H and O–H groups in total. The minimum atomic E-state index is -3.92. The molecule has 0 heterocycles. The van der Waals surface area contributed by atoms with Gasteiger partial charge in [0.25, 0.3) is 0 Å². The summed E-state index contributed by atoms with van der Waals surface area (Å²) in [6, 6.07) is 22.4. The van der Waals surface area contributed by atoms with Gasteiger partial charge in [0.05, 0.1) is 12.0 Å². The standard InChI is InChI=1S/C24H26N2O4S/c1-18-15-21(13-14-23(18)30-2)31(28,29)26-22(16-19-9-5-3-6-10-19)24(27)25-17-20-11-7-4-8-12-20/h3-15,22,26H,16-17H2,1-2H3,(H,25,27)/t22-/m1/s1. The van der Waals surface area contributed by atoms with Gasteiger partial charge in [0, 0.05) is 6.54 Å². The van der Waals surface area contributed by atoms with Crippen LogP contribution in [0.15, 0.2) is 83.8 Å². The Hall–Kier alpha value is -3.16. The first-order chi connectivity index (χ1) is 14.9. The molecule has 0 bridgehead atoms. The van der Waals surface area contributed by atoms with Crippen LogP contribution in [0.2, 0.25) is 0 Å². The molecule has 0 radical (unpaired) electrons. The number of carbonyl (C=O) groups is 1. The van der Waals surface area contributed by atoms with Crippen LogP contribution >= 0.6 is 0 Å². The van der Waals surface area contributed by atoms with Gasteiger partial charge >= 0.3 is 0 Å². The number of carbonyl (C=O) groups excluding carboxylic acids is 1. The fraction of sp³-hybridized carbons (Fsp3) is 0.208. The Labute approximate surface area is 183 Å². The number of benzene rings is 3. The van der Waals surface area contributed by atoms with Gasteiger partial charge in [-0.1, -0.05) is 60.7 Å². The molecule has 3 rings (SSSR count). The molecular formula is C24H26N2O4S. The van der Waals surface area contributed by atoms with Gasteiger partial charge in [-0.15, -0.1) is 0 Å². The predicted octanol–water partition coefficient (Wildman–Crippen LogP) is 3.21. The van der Waals surface area contributed by atoms with E-state index in [0.29, 0.717) is 17.9 Å². The van der Waals surface area contributed by atoms with E-state index < -0.39 is 16.1 Å². The Balaban J connectivity index is 1.81. The van der Waals surface area contributed by atoms with Crippen LogP contribution < -0.4 is 14.8 Å². The fourth-order valence-electron chi connectivity index (χ4n) is 3.22. The van der Waals surface area contributed by atoms with E-state index in [1.807, 2.05) is 60.7 Å². The molecule has 6 nitrogen and oxygen atoms in total. The number of amides is 1. The maximum absolute atomic E-state index is 13.0.